The van der Waals surface area contributed by atoms with Gasteiger partial charge in [0.1, 0.15) is 5.25 Å². The molecule has 0 aromatic heterocycles. The standard InChI is InChI=1S/C14H22N2O3S/c1-4-16(14(17)11(2)20(3,18)19)10-13-8-6-5-7-12(13)9-15/h5-8,11H,4,9-10,15H2,1-3H3. The number of nitrogens with two attached hydrogens (primary N) is 1. The molecule has 1 atom stereocenters. The largest absolute Gasteiger partial charge is 0.338 e. The molecule has 0 heterocycles. The predicted molar refractivity (Wildman–Crippen MR) is 79.7 cm³/mol. The monoisotopic (exact) mass is 298 g/mol. The van der Waals surface area contributed by atoms with Crippen molar-refractivity contribution in [2.45, 2.75) is 32.2 Å². The van der Waals surface area contributed by atoms with Crippen LogP contribution in [0.4, 0.5) is 0 Å². The van der Waals surface area contributed by atoms with Gasteiger partial charge < -0.3 is 10.6 Å². The van der Waals surface area contributed by atoms with Crippen molar-refractivity contribution < 1.29 is 13.2 Å². The van der Waals surface area contributed by atoms with Crippen molar-refractivity contribution in [1.82, 2.24) is 4.90 Å². The highest BCUT2D eigenvalue weighted by molar-refractivity contribution is 7.92. The van der Waals surface area contributed by atoms with Crippen LogP contribution in [0.15, 0.2) is 24.3 Å². The molecule has 0 saturated heterocycles. The molecule has 1 aromatic rings. The highest BCUT2D eigenvalue weighted by Gasteiger charge is 2.27. The maximum atomic E-state index is 12.2. The summed E-state index contributed by atoms with van der Waals surface area (Å²) in [5.74, 6) is -0.373. The number of hydrogen-bond acceptors (Lipinski definition) is 4. The minimum atomic E-state index is -3.38. The van der Waals surface area contributed by atoms with E-state index in [-0.39, 0.29) is 5.91 Å². The lowest BCUT2D eigenvalue weighted by molar-refractivity contribution is -0.130. The second-order valence-electron chi connectivity index (χ2n) is 4.80. The van der Waals surface area contributed by atoms with E-state index in [4.69, 9.17) is 5.73 Å². The zero-order valence-electron chi connectivity index (χ0n) is 12.2. The van der Waals surface area contributed by atoms with Gasteiger partial charge in [0.2, 0.25) is 5.91 Å². The van der Waals surface area contributed by atoms with Crippen LogP contribution in [-0.2, 0) is 27.7 Å². The van der Waals surface area contributed by atoms with Crippen LogP contribution >= 0.6 is 0 Å². The topological polar surface area (TPSA) is 80.5 Å². The summed E-state index contributed by atoms with van der Waals surface area (Å²) in [5, 5.41) is -1.02. The summed E-state index contributed by atoms with van der Waals surface area (Å²) >= 11 is 0. The Bertz CT molecular complexity index is 570. The van der Waals surface area contributed by atoms with E-state index in [0.29, 0.717) is 19.6 Å². The number of rotatable bonds is 6. The molecule has 0 spiro atoms. The van der Waals surface area contributed by atoms with E-state index >= 15 is 0 Å². The first kappa shape index (κ1) is 16.7. The van der Waals surface area contributed by atoms with Crippen LogP contribution in [0.3, 0.4) is 0 Å². The number of benzene rings is 1. The maximum absolute atomic E-state index is 12.2. The summed E-state index contributed by atoms with van der Waals surface area (Å²) in [6, 6.07) is 7.59. The summed E-state index contributed by atoms with van der Waals surface area (Å²) in [5.41, 5.74) is 7.59. The van der Waals surface area contributed by atoms with Crippen molar-refractivity contribution in [3.8, 4) is 0 Å². The van der Waals surface area contributed by atoms with Crippen LogP contribution < -0.4 is 5.73 Å². The number of nitrogens with zero attached hydrogens (tertiary/aromatic N) is 1. The molecule has 0 bridgehead atoms. The van der Waals surface area contributed by atoms with E-state index in [1.165, 1.54) is 6.92 Å². The molecule has 1 amide bonds. The number of amides is 1. The third-order valence-electron chi connectivity index (χ3n) is 3.38. The third-order valence-corrected chi connectivity index (χ3v) is 4.87. The van der Waals surface area contributed by atoms with Crippen molar-refractivity contribution in [1.29, 1.82) is 0 Å². The van der Waals surface area contributed by atoms with Gasteiger partial charge in [0.25, 0.3) is 0 Å². The van der Waals surface area contributed by atoms with Crippen LogP contribution in [0.25, 0.3) is 0 Å². The lowest BCUT2D eigenvalue weighted by atomic mass is 10.1. The van der Waals surface area contributed by atoms with Gasteiger partial charge in [0, 0.05) is 25.9 Å². The van der Waals surface area contributed by atoms with Gasteiger partial charge in [-0.15, -0.1) is 0 Å². The predicted octanol–water partition coefficient (Wildman–Crippen LogP) is 0.927. The number of carbonyl (C=O) groups is 1. The number of carbonyl (C=O) groups excluding carboxylic acids is 1. The van der Waals surface area contributed by atoms with Crippen molar-refractivity contribution >= 4 is 15.7 Å². The average Bonchev–Trinajstić information content (AvgIpc) is 2.42. The second kappa shape index (κ2) is 6.85. The Kier molecular flexibility index (Phi) is 5.71. The first-order valence-electron chi connectivity index (χ1n) is 6.55. The smallest absolute Gasteiger partial charge is 0.240 e. The van der Waals surface area contributed by atoms with E-state index in [2.05, 4.69) is 0 Å². The molecule has 2 N–H and O–H groups in total. The highest BCUT2D eigenvalue weighted by atomic mass is 32.2. The average molecular weight is 298 g/mol. The maximum Gasteiger partial charge on any atom is 0.240 e. The Hall–Kier alpha value is -1.40. The van der Waals surface area contributed by atoms with Crippen LogP contribution in [-0.4, -0.2) is 37.3 Å². The Morgan fingerprint density at radius 2 is 1.85 bits per heavy atom. The van der Waals surface area contributed by atoms with E-state index < -0.39 is 15.1 Å². The quantitative estimate of drug-likeness (QED) is 0.847. The number of hydrogen-bond donors (Lipinski definition) is 1. The van der Waals surface area contributed by atoms with Gasteiger partial charge >= 0.3 is 0 Å². The van der Waals surface area contributed by atoms with Gasteiger partial charge in [-0.25, -0.2) is 8.42 Å². The lowest BCUT2D eigenvalue weighted by Gasteiger charge is -2.24. The Balaban J connectivity index is 2.95. The van der Waals surface area contributed by atoms with E-state index in [1.807, 2.05) is 31.2 Å². The molecule has 0 radical (unpaired) electrons. The molecule has 0 aliphatic carbocycles. The molecule has 112 valence electrons. The number of sulfone groups is 1. The molecular formula is C14H22N2O3S. The summed E-state index contributed by atoms with van der Waals surface area (Å²) in [7, 11) is -3.38. The van der Waals surface area contributed by atoms with Gasteiger partial charge in [-0.1, -0.05) is 24.3 Å². The third kappa shape index (κ3) is 4.05. The van der Waals surface area contributed by atoms with Gasteiger partial charge in [0.15, 0.2) is 9.84 Å². The molecule has 5 nitrogen and oxygen atoms in total. The molecule has 1 unspecified atom stereocenters. The Morgan fingerprint density at radius 3 is 2.30 bits per heavy atom. The summed E-state index contributed by atoms with van der Waals surface area (Å²) < 4.78 is 23.0. The molecule has 0 fully saturated rings. The van der Waals surface area contributed by atoms with Gasteiger partial charge in [-0.2, -0.15) is 0 Å². The van der Waals surface area contributed by atoms with Crippen molar-refractivity contribution in [2.24, 2.45) is 5.73 Å². The zero-order valence-corrected chi connectivity index (χ0v) is 13.0. The Labute approximate surface area is 120 Å². The molecule has 20 heavy (non-hydrogen) atoms. The highest BCUT2D eigenvalue weighted by Crippen LogP contribution is 2.13. The fraction of sp³-hybridized carbons (Fsp3) is 0.500. The second-order valence-corrected chi connectivity index (χ2v) is 7.16. The van der Waals surface area contributed by atoms with Crippen LogP contribution in [0.2, 0.25) is 0 Å². The van der Waals surface area contributed by atoms with Gasteiger partial charge in [-0.3, -0.25) is 4.79 Å². The van der Waals surface area contributed by atoms with Crippen LogP contribution in [0.5, 0.6) is 0 Å². The van der Waals surface area contributed by atoms with Gasteiger partial charge in [-0.05, 0) is 25.0 Å². The fourth-order valence-corrected chi connectivity index (χ4v) is 2.42. The van der Waals surface area contributed by atoms with E-state index in [0.717, 1.165) is 17.4 Å². The Morgan fingerprint density at radius 1 is 1.30 bits per heavy atom. The summed E-state index contributed by atoms with van der Waals surface area (Å²) in [4.78, 5) is 13.8. The minimum Gasteiger partial charge on any atom is -0.338 e. The summed E-state index contributed by atoms with van der Waals surface area (Å²) in [6.07, 6.45) is 1.08. The van der Waals surface area contributed by atoms with Crippen molar-refractivity contribution in [3.63, 3.8) is 0 Å². The zero-order chi connectivity index (χ0) is 15.3. The molecule has 0 aliphatic heterocycles. The lowest BCUT2D eigenvalue weighted by Crippen LogP contribution is -2.40. The van der Waals surface area contributed by atoms with Crippen LogP contribution in [0.1, 0.15) is 25.0 Å². The van der Waals surface area contributed by atoms with Crippen molar-refractivity contribution in [3.05, 3.63) is 35.4 Å². The summed E-state index contributed by atoms with van der Waals surface area (Å²) in [6.45, 7) is 4.48. The molecule has 0 aliphatic rings. The molecule has 0 saturated carbocycles. The molecule has 1 aromatic carbocycles. The van der Waals surface area contributed by atoms with Crippen LogP contribution in [0, 0.1) is 0 Å². The SMILES string of the molecule is CCN(Cc1ccccc1CN)C(=O)C(C)S(C)(=O)=O. The first-order chi connectivity index (χ1) is 9.31. The van der Waals surface area contributed by atoms with Gasteiger partial charge in [0.05, 0.1) is 0 Å². The molecule has 6 heteroatoms. The van der Waals surface area contributed by atoms with Crippen molar-refractivity contribution in [2.75, 3.05) is 12.8 Å². The molecular weight excluding hydrogens is 276 g/mol. The fourth-order valence-electron chi connectivity index (χ4n) is 1.90. The normalized spacial score (nSPS) is 13.0. The van der Waals surface area contributed by atoms with E-state index in [1.54, 1.807) is 4.90 Å². The minimum absolute atomic E-state index is 0.373. The van der Waals surface area contributed by atoms with E-state index in [9.17, 15) is 13.2 Å². The molecule has 1 rings (SSSR count). The first-order valence-corrected chi connectivity index (χ1v) is 8.51.